The molecule has 96 valence electrons. The second-order valence-electron chi connectivity index (χ2n) is 3.96. The SMILES string of the molecule is CN(C)CCc1[nH]nc2ccc(O)cc12.Cl.Cl. The Labute approximate surface area is 113 Å². The summed E-state index contributed by atoms with van der Waals surface area (Å²) in [6, 6.07) is 5.23. The summed E-state index contributed by atoms with van der Waals surface area (Å²) in [4.78, 5) is 2.12. The molecule has 0 spiro atoms. The lowest BCUT2D eigenvalue weighted by atomic mass is 10.1. The zero-order chi connectivity index (χ0) is 10.8. The van der Waals surface area contributed by atoms with Crippen molar-refractivity contribution in [2.45, 2.75) is 6.42 Å². The molecular weight excluding hydrogens is 261 g/mol. The molecule has 0 aliphatic carbocycles. The highest BCUT2D eigenvalue weighted by Gasteiger charge is 2.05. The Kier molecular flexibility index (Phi) is 6.31. The lowest BCUT2D eigenvalue weighted by Gasteiger charge is -2.07. The molecule has 2 rings (SSSR count). The van der Waals surface area contributed by atoms with E-state index in [1.54, 1.807) is 12.1 Å². The summed E-state index contributed by atoms with van der Waals surface area (Å²) in [5.41, 5.74) is 1.98. The van der Waals surface area contributed by atoms with Crippen LogP contribution in [0.15, 0.2) is 18.2 Å². The Morgan fingerprint density at radius 3 is 2.65 bits per heavy atom. The van der Waals surface area contributed by atoms with Gasteiger partial charge in [0.2, 0.25) is 0 Å². The summed E-state index contributed by atoms with van der Waals surface area (Å²) in [6.07, 6.45) is 0.910. The Hall–Kier alpha value is -0.970. The number of likely N-dealkylation sites (N-methyl/N-ethyl adjacent to an activating group) is 1. The van der Waals surface area contributed by atoms with Gasteiger partial charge in [-0.25, -0.2) is 0 Å². The van der Waals surface area contributed by atoms with Crippen molar-refractivity contribution in [2.75, 3.05) is 20.6 Å². The van der Waals surface area contributed by atoms with E-state index in [1.807, 2.05) is 20.2 Å². The maximum atomic E-state index is 9.40. The first-order chi connectivity index (χ1) is 7.16. The van der Waals surface area contributed by atoms with Crippen LogP contribution in [0.5, 0.6) is 5.75 Å². The van der Waals surface area contributed by atoms with Crippen LogP contribution in [0, 0.1) is 0 Å². The number of nitrogens with one attached hydrogen (secondary N) is 1. The minimum absolute atomic E-state index is 0. The Morgan fingerprint density at radius 2 is 2.00 bits per heavy atom. The number of hydrogen-bond donors (Lipinski definition) is 2. The van der Waals surface area contributed by atoms with Gasteiger partial charge in [0.05, 0.1) is 5.52 Å². The average molecular weight is 278 g/mol. The summed E-state index contributed by atoms with van der Waals surface area (Å²) >= 11 is 0. The highest BCUT2D eigenvalue weighted by atomic mass is 35.5. The van der Waals surface area contributed by atoms with Gasteiger partial charge in [-0.2, -0.15) is 5.10 Å². The molecule has 4 nitrogen and oxygen atoms in total. The van der Waals surface area contributed by atoms with Crippen LogP contribution >= 0.6 is 24.8 Å². The molecule has 1 heterocycles. The number of phenolic OH excluding ortho intramolecular Hbond substituents is 1. The van der Waals surface area contributed by atoms with Crippen LogP contribution in [0.4, 0.5) is 0 Å². The monoisotopic (exact) mass is 277 g/mol. The van der Waals surface area contributed by atoms with E-state index in [0.717, 1.165) is 29.6 Å². The zero-order valence-corrected chi connectivity index (χ0v) is 11.4. The van der Waals surface area contributed by atoms with Gasteiger partial charge in [-0.3, -0.25) is 5.10 Å². The molecule has 2 N–H and O–H groups in total. The van der Waals surface area contributed by atoms with E-state index in [1.165, 1.54) is 0 Å². The summed E-state index contributed by atoms with van der Waals surface area (Å²) in [6.45, 7) is 0.965. The van der Waals surface area contributed by atoms with E-state index in [4.69, 9.17) is 0 Å². The van der Waals surface area contributed by atoms with Crippen molar-refractivity contribution in [3.8, 4) is 5.75 Å². The van der Waals surface area contributed by atoms with E-state index in [9.17, 15) is 5.11 Å². The second kappa shape index (κ2) is 6.69. The van der Waals surface area contributed by atoms with Crippen LogP contribution < -0.4 is 0 Å². The van der Waals surface area contributed by atoms with Gasteiger partial charge in [-0.1, -0.05) is 0 Å². The molecule has 0 radical (unpaired) electrons. The van der Waals surface area contributed by atoms with Crippen LogP contribution in [-0.2, 0) is 6.42 Å². The molecule has 0 amide bonds. The molecule has 0 bridgehead atoms. The fourth-order valence-electron chi connectivity index (χ4n) is 1.58. The largest absolute Gasteiger partial charge is 0.508 e. The van der Waals surface area contributed by atoms with E-state index < -0.39 is 0 Å². The normalized spacial score (nSPS) is 10.1. The van der Waals surface area contributed by atoms with Crippen LogP contribution in [0.3, 0.4) is 0 Å². The van der Waals surface area contributed by atoms with Crippen molar-refractivity contribution in [3.63, 3.8) is 0 Å². The number of aromatic nitrogens is 2. The van der Waals surface area contributed by atoms with Crippen molar-refractivity contribution in [3.05, 3.63) is 23.9 Å². The van der Waals surface area contributed by atoms with Crippen LogP contribution in [0.2, 0.25) is 0 Å². The third-order valence-electron chi connectivity index (χ3n) is 2.43. The summed E-state index contributed by atoms with van der Waals surface area (Å²) < 4.78 is 0. The van der Waals surface area contributed by atoms with Crippen LogP contribution in [-0.4, -0.2) is 40.8 Å². The summed E-state index contributed by atoms with van der Waals surface area (Å²) in [5, 5.41) is 17.6. The molecule has 0 saturated heterocycles. The smallest absolute Gasteiger partial charge is 0.116 e. The third kappa shape index (κ3) is 3.77. The predicted molar refractivity (Wildman–Crippen MR) is 74.5 cm³/mol. The first kappa shape index (κ1) is 16.0. The Balaban J connectivity index is 0.00000128. The van der Waals surface area contributed by atoms with Gasteiger partial charge >= 0.3 is 0 Å². The molecular formula is C11H17Cl2N3O. The molecule has 6 heteroatoms. The Bertz CT molecular complexity index is 471. The van der Waals surface area contributed by atoms with Gasteiger partial charge in [0.1, 0.15) is 5.75 Å². The quantitative estimate of drug-likeness (QED) is 0.905. The van der Waals surface area contributed by atoms with E-state index in [0.29, 0.717) is 0 Å². The lowest BCUT2D eigenvalue weighted by Crippen LogP contribution is -2.15. The van der Waals surface area contributed by atoms with E-state index in [2.05, 4.69) is 15.1 Å². The van der Waals surface area contributed by atoms with Gasteiger partial charge in [0.25, 0.3) is 0 Å². The predicted octanol–water partition coefficient (Wildman–Crippen LogP) is 2.22. The molecule has 1 aromatic carbocycles. The highest BCUT2D eigenvalue weighted by molar-refractivity contribution is 5.85. The molecule has 0 fully saturated rings. The standard InChI is InChI=1S/C11H15N3O.2ClH/c1-14(2)6-5-11-9-7-8(15)3-4-10(9)12-13-11;;/h3-4,7,15H,5-6H2,1-2H3,(H,12,13);2*1H. The van der Waals surface area contributed by atoms with Crippen molar-refractivity contribution >= 4 is 35.7 Å². The fraction of sp³-hybridized carbons (Fsp3) is 0.364. The van der Waals surface area contributed by atoms with Crippen molar-refractivity contribution in [2.24, 2.45) is 0 Å². The zero-order valence-electron chi connectivity index (χ0n) is 9.80. The number of fused-ring (bicyclic) bond motifs is 1. The van der Waals surface area contributed by atoms with Crippen LogP contribution in [0.1, 0.15) is 5.69 Å². The topological polar surface area (TPSA) is 52.2 Å². The summed E-state index contributed by atoms with van der Waals surface area (Å²) in [7, 11) is 4.08. The molecule has 0 aliphatic heterocycles. The minimum atomic E-state index is 0. The number of hydrogen-bond acceptors (Lipinski definition) is 3. The Morgan fingerprint density at radius 1 is 1.29 bits per heavy atom. The molecule has 17 heavy (non-hydrogen) atoms. The molecule has 1 aromatic heterocycles. The van der Waals surface area contributed by atoms with E-state index in [-0.39, 0.29) is 30.6 Å². The number of nitrogens with zero attached hydrogens (tertiary/aromatic N) is 2. The van der Waals surface area contributed by atoms with Crippen molar-refractivity contribution in [1.82, 2.24) is 15.1 Å². The number of benzene rings is 1. The van der Waals surface area contributed by atoms with Gasteiger partial charge < -0.3 is 10.0 Å². The first-order valence-corrected chi connectivity index (χ1v) is 4.97. The van der Waals surface area contributed by atoms with Gasteiger partial charge in [-0.15, -0.1) is 24.8 Å². The maximum Gasteiger partial charge on any atom is 0.116 e. The van der Waals surface area contributed by atoms with Crippen LogP contribution in [0.25, 0.3) is 10.9 Å². The second-order valence-corrected chi connectivity index (χ2v) is 3.96. The average Bonchev–Trinajstić information content (AvgIpc) is 2.57. The van der Waals surface area contributed by atoms with Crippen molar-refractivity contribution < 1.29 is 5.11 Å². The number of aromatic amines is 1. The van der Waals surface area contributed by atoms with E-state index >= 15 is 0 Å². The van der Waals surface area contributed by atoms with Gasteiger partial charge in [0.15, 0.2) is 0 Å². The number of aromatic hydroxyl groups is 1. The number of halogens is 2. The summed E-state index contributed by atoms with van der Waals surface area (Å²) in [5.74, 6) is 0.287. The minimum Gasteiger partial charge on any atom is -0.508 e. The fourth-order valence-corrected chi connectivity index (χ4v) is 1.58. The number of rotatable bonds is 3. The molecule has 0 aliphatic rings. The first-order valence-electron chi connectivity index (χ1n) is 4.97. The molecule has 0 unspecified atom stereocenters. The molecule has 0 saturated carbocycles. The number of H-pyrrole nitrogens is 1. The maximum absolute atomic E-state index is 9.40. The van der Waals surface area contributed by atoms with Gasteiger partial charge in [-0.05, 0) is 32.3 Å². The molecule has 0 atom stereocenters. The lowest BCUT2D eigenvalue weighted by molar-refractivity contribution is 0.412. The van der Waals surface area contributed by atoms with Gasteiger partial charge in [0, 0.05) is 24.0 Å². The third-order valence-corrected chi connectivity index (χ3v) is 2.43. The highest BCUT2D eigenvalue weighted by Crippen LogP contribution is 2.21. The number of phenols is 1. The molecule has 2 aromatic rings. The van der Waals surface area contributed by atoms with Crippen molar-refractivity contribution in [1.29, 1.82) is 0 Å².